The molecule has 1 aromatic carbocycles. The van der Waals surface area contributed by atoms with Crippen molar-refractivity contribution in [2.45, 2.75) is 77.9 Å². The zero-order valence-corrected chi connectivity index (χ0v) is 18.4. The molecule has 1 aliphatic heterocycles. The van der Waals surface area contributed by atoms with Crippen molar-refractivity contribution in [1.82, 2.24) is 4.90 Å². The van der Waals surface area contributed by atoms with Crippen LogP contribution in [0.3, 0.4) is 0 Å². The van der Waals surface area contributed by atoms with Crippen LogP contribution >= 0.6 is 0 Å². The van der Waals surface area contributed by atoms with E-state index < -0.39 is 8.32 Å². The van der Waals surface area contributed by atoms with Gasteiger partial charge in [0.2, 0.25) is 0 Å². The Morgan fingerprint density at radius 1 is 1.23 bits per heavy atom. The SMILES string of the molecule is CC(C)[C@H]1[C@@H](O[Si](C)(C)C(C)(C)C)CCN1C(=O)OCc1ccccc1. The molecule has 0 saturated carbocycles. The van der Waals surface area contributed by atoms with Gasteiger partial charge in [-0.05, 0) is 36.0 Å². The molecule has 1 aliphatic rings. The fraction of sp³-hybridized carbons (Fsp3) is 0.667. The molecule has 5 heteroatoms. The zero-order valence-electron chi connectivity index (χ0n) is 17.4. The lowest BCUT2D eigenvalue weighted by Crippen LogP contribution is -2.50. The molecule has 1 saturated heterocycles. The van der Waals surface area contributed by atoms with Crippen LogP contribution in [0, 0.1) is 5.92 Å². The van der Waals surface area contributed by atoms with Crippen LogP contribution in [0.15, 0.2) is 30.3 Å². The van der Waals surface area contributed by atoms with E-state index in [1.54, 1.807) is 0 Å². The molecule has 0 bridgehead atoms. The average Bonchev–Trinajstić information content (AvgIpc) is 2.95. The third-order valence-electron chi connectivity index (χ3n) is 5.77. The van der Waals surface area contributed by atoms with Gasteiger partial charge in [0, 0.05) is 6.54 Å². The van der Waals surface area contributed by atoms with E-state index in [-0.39, 0.29) is 23.3 Å². The topological polar surface area (TPSA) is 38.8 Å². The Labute approximate surface area is 160 Å². The second-order valence-corrected chi connectivity index (χ2v) is 13.9. The summed E-state index contributed by atoms with van der Waals surface area (Å²) in [4.78, 5) is 14.6. The molecule has 146 valence electrons. The van der Waals surface area contributed by atoms with Crippen molar-refractivity contribution in [1.29, 1.82) is 0 Å². The molecule has 26 heavy (non-hydrogen) atoms. The number of carbonyl (C=O) groups excluding carboxylic acids is 1. The van der Waals surface area contributed by atoms with E-state index in [9.17, 15) is 4.79 Å². The standard InChI is InChI=1S/C21H35NO3Si/c1-16(2)19-18(25-26(6,7)21(3,4)5)13-14-22(19)20(23)24-15-17-11-9-8-10-12-17/h8-12,16,18-19H,13-15H2,1-7H3/t18-,19-/m0/s1. The molecule has 2 atom stereocenters. The highest BCUT2D eigenvalue weighted by molar-refractivity contribution is 6.74. The predicted molar refractivity (Wildman–Crippen MR) is 109 cm³/mol. The predicted octanol–water partition coefficient (Wildman–Crippen LogP) is 5.44. The third-order valence-corrected chi connectivity index (χ3v) is 10.3. The molecule has 1 fully saturated rings. The summed E-state index contributed by atoms with van der Waals surface area (Å²) in [6.07, 6.45) is 0.754. The van der Waals surface area contributed by atoms with Crippen molar-refractivity contribution < 1.29 is 14.0 Å². The van der Waals surface area contributed by atoms with E-state index >= 15 is 0 Å². The van der Waals surface area contributed by atoms with Gasteiger partial charge in [0.15, 0.2) is 8.32 Å². The summed E-state index contributed by atoms with van der Waals surface area (Å²) in [6, 6.07) is 9.90. The van der Waals surface area contributed by atoms with Crippen molar-refractivity contribution in [2.24, 2.45) is 5.92 Å². The number of hydrogen-bond donors (Lipinski definition) is 0. The van der Waals surface area contributed by atoms with Gasteiger partial charge >= 0.3 is 6.09 Å². The van der Waals surface area contributed by atoms with Gasteiger partial charge in [0.1, 0.15) is 6.61 Å². The lowest BCUT2D eigenvalue weighted by Gasteiger charge is -2.41. The Kier molecular flexibility index (Phi) is 6.56. The summed E-state index contributed by atoms with van der Waals surface area (Å²) >= 11 is 0. The van der Waals surface area contributed by atoms with E-state index in [1.807, 2.05) is 35.2 Å². The Balaban J connectivity index is 2.04. The van der Waals surface area contributed by atoms with Gasteiger partial charge in [0.05, 0.1) is 12.1 Å². The Hall–Kier alpha value is -1.33. The highest BCUT2D eigenvalue weighted by Gasteiger charge is 2.46. The Morgan fingerprint density at radius 2 is 1.85 bits per heavy atom. The number of carbonyl (C=O) groups is 1. The van der Waals surface area contributed by atoms with Gasteiger partial charge < -0.3 is 14.1 Å². The van der Waals surface area contributed by atoms with Crippen molar-refractivity contribution in [3.63, 3.8) is 0 Å². The summed E-state index contributed by atoms with van der Waals surface area (Å²) in [6.45, 7) is 16.7. The molecule has 1 heterocycles. The quantitative estimate of drug-likeness (QED) is 0.641. The molecule has 2 rings (SSSR count). The first-order chi connectivity index (χ1) is 12.0. The first-order valence-electron chi connectivity index (χ1n) is 9.68. The molecule has 1 aromatic rings. The number of nitrogens with zero attached hydrogens (tertiary/aromatic N) is 1. The van der Waals surface area contributed by atoms with E-state index in [1.165, 1.54) is 0 Å². The maximum absolute atomic E-state index is 12.7. The van der Waals surface area contributed by atoms with Gasteiger partial charge in [-0.2, -0.15) is 0 Å². The second kappa shape index (κ2) is 8.13. The van der Waals surface area contributed by atoms with Gasteiger partial charge in [-0.1, -0.05) is 65.0 Å². The number of benzene rings is 1. The van der Waals surface area contributed by atoms with E-state index in [0.717, 1.165) is 12.0 Å². The van der Waals surface area contributed by atoms with E-state index in [2.05, 4.69) is 47.7 Å². The highest BCUT2D eigenvalue weighted by Crippen LogP contribution is 2.40. The second-order valence-electron chi connectivity index (χ2n) is 9.17. The number of amides is 1. The summed E-state index contributed by atoms with van der Waals surface area (Å²) in [7, 11) is -1.87. The lowest BCUT2D eigenvalue weighted by atomic mass is 10.00. The minimum absolute atomic E-state index is 0.0763. The molecule has 0 aliphatic carbocycles. The molecule has 1 amide bonds. The zero-order chi connectivity index (χ0) is 19.5. The smallest absolute Gasteiger partial charge is 0.410 e. The highest BCUT2D eigenvalue weighted by atomic mass is 28.4. The minimum Gasteiger partial charge on any atom is -0.445 e. The lowest BCUT2D eigenvalue weighted by molar-refractivity contribution is 0.0599. The van der Waals surface area contributed by atoms with Crippen molar-refractivity contribution in [3.05, 3.63) is 35.9 Å². The van der Waals surface area contributed by atoms with Gasteiger partial charge in [-0.15, -0.1) is 0 Å². The number of ether oxygens (including phenoxy) is 1. The summed E-state index contributed by atoms with van der Waals surface area (Å²) in [5, 5.41) is 0.162. The maximum atomic E-state index is 12.7. The first-order valence-corrected chi connectivity index (χ1v) is 12.6. The monoisotopic (exact) mass is 377 g/mol. The van der Waals surface area contributed by atoms with E-state index in [0.29, 0.717) is 19.1 Å². The van der Waals surface area contributed by atoms with Gasteiger partial charge in [-0.25, -0.2) is 4.79 Å². The van der Waals surface area contributed by atoms with Crippen LogP contribution in [0.1, 0.15) is 46.6 Å². The number of rotatable bonds is 5. The summed E-state index contributed by atoms with van der Waals surface area (Å²) in [5.41, 5.74) is 1.01. The molecular formula is C21H35NO3Si. The van der Waals surface area contributed by atoms with Crippen molar-refractivity contribution >= 4 is 14.4 Å². The van der Waals surface area contributed by atoms with Crippen LogP contribution in [0.4, 0.5) is 4.79 Å². The molecule has 0 unspecified atom stereocenters. The fourth-order valence-electron chi connectivity index (χ4n) is 3.28. The van der Waals surface area contributed by atoms with Crippen LogP contribution in [-0.4, -0.2) is 38.0 Å². The van der Waals surface area contributed by atoms with Crippen molar-refractivity contribution in [3.8, 4) is 0 Å². The molecular weight excluding hydrogens is 342 g/mol. The van der Waals surface area contributed by atoms with Crippen LogP contribution in [0.2, 0.25) is 18.1 Å². The van der Waals surface area contributed by atoms with Gasteiger partial charge in [0.25, 0.3) is 0 Å². The summed E-state index contributed by atoms with van der Waals surface area (Å²) in [5.74, 6) is 0.330. The number of hydrogen-bond acceptors (Lipinski definition) is 3. The Bertz CT molecular complexity index is 595. The number of likely N-dealkylation sites (tertiary alicyclic amines) is 1. The Morgan fingerprint density at radius 3 is 2.38 bits per heavy atom. The average molecular weight is 378 g/mol. The van der Waals surface area contributed by atoms with Crippen LogP contribution in [-0.2, 0) is 15.8 Å². The molecule has 0 N–H and O–H groups in total. The van der Waals surface area contributed by atoms with Crippen LogP contribution < -0.4 is 0 Å². The van der Waals surface area contributed by atoms with Gasteiger partial charge in [-0.3, -0.25) is 0 Å². The molecule has 4 nitrogen and oxygen atoms in total. The van der Waals surface area contributed by atoms with Crippen molar-refractivity contribution in [2.75, 3.05) is 6.54 Å². The molecule has 0 spiro atoms. The maximum Gasteiger partial charge on any atom is 0.410 e. The fourth-order valence-corrected chi connectivity index (χ4v) is 4.64. The third kappa shape index (κ3) is 4.89. The molecule has 0 radical (unpaired) electrons. The minimum atomic E-state index is -1.87. The van der Waals surface area contributed by atoms with Crippen LogP contribution in [0.5, 0.6) is 0 Å². The summed E-state index contributed by atoms with van der Waals surface area (Å²) < 4.78 is 12.3. The van der Waals surface area contributed by atoms with E-state index in [4.69, 9.17) is 9.16 Å². The van der Waals surface area contributed by atoms with Crippen LogP contribution in [0.25, 0.3) is 0 Å². The normalized spacial score (nSPS) is 21.3. The largest absolute Gasteiger partial charge is 0.445 e. The first kappa shape index (κ1) is 21.0. The molecule has 0 aromatic heterocycles.